The van der Waals surface area contributed by atoms with Gasteiger partial charge in [0, 0.05) is 0 Å². The first-order valence-corrected chi connectivity index (χ1v) is 2.19. The van der Waals surface area contributed by atoms with Gasteiger partial charge in [-0.05, 0) is 0 Å². The summed E-state index contributed by atoms with van der Waals surface area (Å²) in [6.45, 7) is 0. The van der Waals surface area contributed by atoms with Crippen molar-refractivity contribution in [3.05, 3.63) is 0 Å². The van der Waals surface area contributed by atoms with Crippen LogP contribution in [0.15, 0.2) is 0 Å². The van der Waals surface area contributed by atoms with Gasteiger partial charge in [-0.1, -0.05) is 0 Å². The molecular weight excluding hydrogens is 244 g/mol. The maximum Gasteiger partial charge on any atom is 4.00 e. The summed E-state index contributed by atoms with van der Waals surface area (Å²) in [5.74, 6) is 0. The second-order valence-electron chi connectivity index (χ2n) is 0.447. The molecule has 37 valence electrons. The van der Waals surface area contributed by atoms with Crippen molar-refractivity contribution in [2.45, 2.75) is 0 Å². The van der Waals surface area contributed by atoms with E-state index in [1.54, 1.807) is 0 Å². The summed E-state index contributed by atoms with van der Waals surface area (Å²) in [5, 5.41) is 0. The van der Waals surface area contributed by atoms with E-state index in [1.807, 2.05) is 0 Å². The molecule has 1 radical (unpaired) electrons. The van der Waals surface area contributed by atoms with E-state index in [2.05, 4.69) is 0 Å². The van der Waals surface area contributed by atoms with Crippen LogP contribution in [0.5, 0.6) is 0 Å². The topological polar surface area (TPSA) is 86.2 Å². The zero-order chi connectivity index (χ0) is 4.50. The fourth-order valence-electron chi connectivity index (χ4n) is 0. The van der Waals surface area contributed by atoms with E-state index in [4.69, 9.17) is 19.2 Å². The second-order valence-corrected chi connectivity index (χ2v) is 1.34. The predicted molar refractivity (Wildman–Crippen MR) is 7.61 cm³/mol. The van der Waals surface area contributed by atoms with Crippen molar-refractivity contribution < 1.29 is 117 Å². The van der Waals surface area contributed by atoms with Gasteiger partial charge in [0.1, 0.15) is 0 Å². The van der Waals surface area contributed by atoms with E-state index in [0.717, 1.165) is 0 Å². The average Bonchev–Trinajstić information content (AvgIpc) is 0.722. The van der Waals surface area contributed by atoms with Crippen molar-refractivity contribution in [1.29, 1.82) is 0 Å². The summed E-state index contributed by atoms with van der Waals surface area (Å²) < 4.78 is 8.55. The van der Waals surface area contributed by atoms with Gasteiger partial charge in [-0.2, -0.15) is 7.82 Å². The Kier molecular flexibility index (Phi) is 45.5. The number of phosphoric acid groups is 1. The van der Waals surface area contributed by atoms with Gasteiger partial charge in [0.25, 0.3) is 0 Å². The molecule has 0 aromatic rings. The Bertz CT molecular complexity index is 64.7. The van der Waals surface area contributed by atoms with Crippen molar-refractivity contribution in [3.8, 4) is 0 Å². The molecule has 0 bridgehead atoms. The van der Waals surface area contributed by atoms with Gasteiger partial charge in [0.2, 0.25) is 0 Å². The summed E-state index contributed by atoms with van der Waals surface area (Å²) >= 11 is 0. The molecule has 0 N–H and O–H groups in total. The van der Waals surface area contributed by atoms with Gasteiger partial charge in [0.15, 0.2) is 0 Å². The second kappa shape index (κ2) is 13.9. The SMILES string of the molecule is O=P([O-])([O-])[O-].[Mn+2].[Na+].[Na+].[Ti+4]. The number of hydrogen-bond acceptors (Lipinski definition) is 4. The third-order valence-corrected chi connectivity index (χ3v) is 0. The molecule has 0 aromatic heterocycles. The Morgan fingerprint density at radius 2 is 1.00 bits per heavy atom. The van der Waals surface area contributed by atoms with Crippen LogP contribution >= 0.6 is 7.82 Å². The normalized spacial score (nSPS) is 6.56. The van der Waals surface area contributed by atoms with E-state index >= 15 is 0 Å². The monoisotopic (exact) mass is 244 g/mol. The molecule has 9 heteroatoms. The molecule has 0 saturated carbocycles. The van der Waals surface area contributed by atoms with Crippen molar-refractivity contribution in [2.75, 3.05) is 0 Å². The maximum absolute atomic E-state index is 8.55. The molecule has 0 rings (SSSR count). The molecule has 0 unspecified atom stereocenters. The fourth-order valence-corrected chi connectivity index (χ4v) is 0. The Labute approximate surface area is 123 Å². The van der Waals surface area contributed by atoms with Crippen LogP contribution in [0.25, 0.3) is 0 Å². The van der Waals surface area contributed by atoms with Crippen LogP contribution in [0.3, 0.4) is 0 Å². The van der Waals surface area contributed by atoms with Crippen molar-refractivity contribution in [3.63, 3.8) is 0 Å². The van der Waals surface area contributed by atoms with Gasteiger partial charge in [-0.15, -0.1) is 0 Å². The molecule has 0 aliphatic rings. The van der Waals surface area contributed by atoms with Gasteiger partial charge in [-0.3, -0.25) is 0 Å². The van der Waals surface area contributed by atoms with Crippen LogP contribution in [0.2, 0.25) is 0 Å². The van der Waals surface area contributed by atoms with E-state index in [-0.39, 0.29) is 97.9 Å². The molecule has 0 aromatic carbocycles. The van der Waals surface area contributed by atoms with Crippen molar-refractivity contribution >= 4 is 7.82 Å². The minimum Gasteiger partial charge on any atom is -0.822 e. The van der Waals surface area contributed by atoms with Gasteiger partial charge >= 0.3 is 97.9 Å². The summed E-state index contributed by atoms with van der Waals surface area (Å²) in [6.07, 6.45) is 0. The molecule has 0 spiro atoms. The standard InChI is InChI=1S/Mn.2Na.H3O4P.Ti/c;;;1-5(2,3)4;/h;;;(H3,1,2,3,4);/q+2;2*+1;;+4/p-3. The Balaban J connectivity index is -0.0000000133. The Morgan fingerprint density at radius 3 is 1.00 bits per heavy atom. The fraction of sp³-hybridized carbons (Fsp3) is 0. The first-order valence-electron chi connectivity index (χ1n) is 0.730. The van der Waals surface area contributed by atoms with Crippen molar-refractivity contribution in [2.24, 2.45) is 0 Å². The predicted octanol–water partition coefficient (Wildman–Crippen LogP) is -8.82. The van der Waals surface area contributed by atoms with Crippen LogP contribution in [0.1, 0.15) is 0 Å². The largest absolute Gasteiger partial charge is 4.00 e. The van der Waals surface area contributed by atoms with E-state index in [0.29, 0.717) is 0 Å². The van der Waals surface area contributed by atoms with Crippen LogP contribution < -0.4 is 73.8 Å². The van der Waals surface area contributed by atoms with Crippen LogP contribution in [0.4, 0.5) is 0 Å². The minimum absolute atomic E-state index is 0. The van der Waals surface area contributed by atoms with Gasteiger partial charge in [0.05, 0.1) is 0 Å². The molecular formula is MnNa2O4PTi+5. The summed E-state index contributed by atoms with van der Waals surface area (Å²) in [7, 11) is -5.39. The van der Waals surface area contributed by atoms with E-state index in [9.17, 15) is 0 Å². The van der Waals surface area contributed by atoms with Crippen LogP contribution in [-0.2, 0) is 43.4 Å². The third-order valence-electron chi connectivity index (χ3n) is 0. The van der Waals surface area contributed by atoms with Gasteiger partial charge < -0.3 is 19.2 Å². The van der Waals surface area contributed by atoms with E-state index < -0.39 is 7.82 Å². The third kappa shape index (κ3) is 88.6. The maximum atomic E-state index is 8.55. The van der Waals surface area contributed by atoms with Crippen LogP contribution in [-0.4, -0.2) is 0 Å². The average molecular weight is 244 g/mol. The van der Waals surface area contributed by atoms with Crippen molar-refractivity contribution in [1.82, 2.24) is 0 Å². The molecule has 0 aliphatic carbocycles. The zero-order valence-corrected chi connectivity index (χ0v) is 12.6. The molecule has 9 heavy (non-hydrogen) atoms. The zero-order valence-electron chi connectivity index (χ0n) is 4.96. The summed E-state index contributed by atoms with van der Waals surface area (Å²) in [4.78, 5) is 25.6. The molecule has 0 atom stereocenters. The molecule has 0 aliphatic heterocycles. The van der Waals surface area contributed by atoms with E-state index in [1.165, 1.54) is 0 Å². The van der Waals surface area contributed by atoms with Gasteiger partial charge in [-0.25, -0.2) is 0 Å². The first kappa shape index (κ1) is 29.5. The quantitative estimate of drug-likeness (QED) is 0.312. The number of hydrogen-bond donors (Lipinski definition) is 0. The molecule has 0 heterocycles. The van der Waals surface area contributed by atoms with Crippen LogP contribution in [0, 0.1) is 0 Å². The Morgan fingerprint density at radius 1 is 1.00 bits per heavy atom. The molecule has 0 fully saturated rings. The molecule has 4 nitrogen and oxygen atoms in total. The minimum atomic E-state index is -5.39. The molecule has 0 saturated heterocycles. The number of rotatable bonds is 0. The first-order chi connectivity index (χ1) is 2.00. The molecule has 0 amide bonds. The Hall–Kier alpha value is 3.34. The summed E-state index contributed by atoms with van der Waals surface area (Å²) in [5.41, 5.74) is 0. The smallest absolute Gasteiger partial charge is 0.822 e. The summed E-state index contributed by atoms with van der Waals surface area (Å²) in [6, 6.07) is 0.